The van der Waals surface area contributed by atoms with Crippen molar-refractivity contribution in [3.05, 3.63) is 29.8 Å². The van der Waals surface area contributed by atoms with E-state index in [2.05, 4.69) is 5.32 Å². The number of methoxy groups -OCH3 is 1. The number of ether oxygens (including phenoxy) is 2. The third-order valence-electron chi connectivity index (χ3n) is 2.70. The van der Waals surface area contributed by atoms with Crippen molar-refractivity contribution in [3.63, 3.8) is 0 Å². The summed E-state index contributed by atoms with van der Waals surface area (Å²) in [6.07, 6.45) is 0. The monoisotopic (exact) mass is 266 g/mol. The van der Waals surface area contributed by atoms with Crippen LogP contribution in [0.5, 0.6) is 5.75 Å². The molecule has 0 saturated carbocycles. The van der Waals surface area contributed by atoms with Crippen LogP contribution in [0.4, 0.5) is 0 Å². The molecule has 19 heavy (non-hydrogen) atoms. The number of amides is 1. The molecule has 1 amide bonds. The van der Waals surface area contributed by atoms with Gasteiger partial charge in [0.15, 0.2) is 0 Å². The smallest absolute Gasteiger partial charge is 0.253 e. The quantitative estimate of drug-likeness (QED) is 0.713. The number of hydrogen-bond donors (Lipinski definition) is 1. The number of nitrogens with zero attached hydrogens (tertiary/aromatic N) is 1. The number of nitrogens with one attached hydrogen (secondary N) is 1. The molecule has 0 aromatic heterocycles. The maximum absolute atomic E-state index is 12.1. The first-order chi connectivity index (χ1) is 9.19. The summed E-state index contributed by atoms with van der Waals surface area (Å²) in [5.41, 5.74) is 0.665. The van der Waals surface area contributed by atoms with Crippen molar-refractivity contribution in [2.24, 2.45) is 0 Å². The SMILES string of the molecule is CNCCN(C)C(=O)c1ccc(OCCOC)cc1. The van der Waals surface area contributed by atoms with Crippen LogP contribution in [0, 0.1) is 0 Å². The van der Waals surface area contributed by atoms with Gasteiger partial charge in [-0.05, 0) is 31.3 Å². The summed E-state index contributed by atoms with van der Waals surface area (Å²) in [6.45, 7) is 2.52. The molecule has 0 heterocycles. The minimum absolute atomic E-state index is 0.0127. The van der Waals surface area contributed by atoms with E-state index in [0.717, 1.165) is 12.3 Å². The Balaban J connectivity index is 2.52. The predicted octanol–water partition coefficient (Wildman–Crippen LogP) is 1.00. The van der Waals surface area contributed by atoms with E-state index in [-0.39, 0.29) is 5.91 Å². The molecule has 1 N–H and O–H groups in total. The summed E-state index contributed by atoms with van der Waals surface area (Å²) in [6, 6.07) is 7.16. The van der Waals surface area contributed by atoms with Gasteiger partial charge in [-0.25, -0.2) is 0 Å². The zero-order chi connectivity index (χ0) is 14.1. The van der Waals surface area contributed by atoms with Gasteiger partial charge in [-0.1, -0.05) is 0 Å². The van der Waals surface area contributed by atoms with E-state index in [4.69, 9.17) is 9.47 Å². The molecule has 1 aromatic rings. The third-order valence-corrected chi connectivity index (χ3v) is 2.70. The average Bonchev–Trinajstić information content (AvgIpc) is 2.45. The number of hydrogen-bond acceptors (Lipinski definition) is 4. The molecule has 0 aliphatic rings. The number of carbonyl (C=O) groups is 1. The molecule has 0 fully saturated rings. The van der Waals surface area contributed by atoms with E-state index >= 15 is 0 Å². The highest BCUT2D eigenvalue weighted by Gasteiger charge is 2.10. The van der Waals surface area contributed by atoms with E-state index in [1.54, 1.807) is 43.3 Å². The molecule has 0 atom stereocenters. The van der Waals surface area contributed by atoms with E-state index < -0.39 is 0 Å². The van der Waals surface area contributed by atoms with Crippen molar-refractivity contribution in [2.75, 3.05) is 47.5 Å². The van der Waals surface area contributed by atoms with Gasteiger partial charge in [0.2, 0.25) is 0 Å². The fraction of sp³-hybridized carbons (Fsp3) is 0.500. The van der Waals surface area contributed by atoms with Gasteiger partial charge in [-0.2, -0.15) is 0 Å². The number of rotatable bonds is 8. The second-order valence-electron chi connectivity index (χ2n) is 4.20. The van der Waals surface area contributed by atoms with Crippen LogP contribution in [0.1, 0.15) is 10.4 Å². The van der Waals surface area contributed by atoms with E-state index in [1.807, 2.05) is 7.05 Å². The standard InChI is InChI=1S/C14H22N2O3/c1-15-8-9-16(2)14(17)12-4-6-13(7-5-12)19-11-10-18-3/h4-7,15H,8-11H2,1-3H3. The topological polar surface area (TPSA) is 50.8 Å². The van der Waals surface area contributed by atoms with Crippen molar-refractivity contribution in [1.29, 1.82) is 0 Å². The molecular formula is C14H22N2O3. The highest BCUT2D eigenvalue weighted by molar-refractivity contribution is 5.94. The van der Waals surface area contributed by atoms with Crippen LogP contribution in [0.15, 0.2) is 24.3 Å². The van der Waals surface area contributed by atoms with Gasteiger partial charge in [0, 0.05) is 32.8 Å². The van der Waals surface area contributed by atoms with Crippen LogP contribution < -0.4 is 10.1 Å². The van der Waals surface area contributed by atoms with Crippen molar-refractivity contribution in [2.45, 2.75) is 0 Å². The molecule has 0 spiro atoms. The van der Waals surface area contributed by atoms with E-state index in [9.17, 15) is 4.79 Å². The van der Waals surface area contributed by atoms with Crippen molar-refractivity contribution >= 4 is 5.91 Å². The normalized spacial score (nSPS) is 10.3. The summed E-state index contributed by atoms with van der Waals surface area (Å²) in [4.78, 5) is 13.8. The summed E-state index contributed by atoms with van der Waals surface area (Å²) in [5.74, 6) is 0.755. The molecule has 0 bridgehead atoms. The minimum Gasteiger partial charge on any atom is -0.491 e. The van der Waals surface area contributed by atoms with Crippen LogP contribution in [-0.2, 0) is 4.74 Å². The fourth-order valence-corrected chi connectivity index (χ4v) is 1.54. The first-order valence-corrected chi connectivity index (χ1v) is 6.31. The molecular weight excluding hydrogens is 244 g/mol. The van der Waals surface area contributed by atoms with Gasteiger partial charge in [-0.3, -0.25) is 4.79 Å². The molecule has 0 radical (unpaired) electrons. The number of carbonyl (C=O) groups excluding carboxylic acids is 1. The molecule has 5 nitrogen and oxygen atoms in total. The largest absolute Gasteiger partial charge is 0.491 e. The first-order valence-electron chi connectivity index (χ1n) is 6.31. The van der Waals surface area contributed by atoms with Gasteiger partial charge in [-0.15, -0.1) is 0 Å². The average molecular weight is 266 g/mol. The summed E-state index contributed by atoms with van der Waals surface area (Å²) in [7, 11) is 5.29. The molecule has 0 aliphatic carbocycles. The summed E-state index contributed by atoms with van der Waals surface area (Å²) < 4.78 is 10.3. The summed E-state index contributed by atoms with van der Waals surface area (Å²) >= 11 is 0. The van der Waals surface area contributed by atoms with Crippen molar-refractivity contribution < 1.29 is 14.3 Å². The molecule has 0 saturated heterocycles. The molecule has 1 rings (SSSR count). The zero-order valence-corrected chi connectivity index (χ0v) is 11.8. The Bertz CT molecular complexity index is 379. The van der Waals surface area contributed by atoms with Gasteiger partial charge in [0.1, 0.15) is 12.4 Å². The fourth-order valence-electron chi connectivity index (χ4n) is 1.54. The highest BCUT2D eigenvalue weighted by Crippen LogP contribution is 2.13. The Labute approximate surface area is 114 Å². The third kappa shape index (κ3) is 5.28. The van der Waals surface area contributed by atoms with Crippen LogP contribution in [0.2, 0.25) is 0 Å². The van der Waals surface area contributed by atoms with E-state index in [0.29, 0.717) is 25.3 Å². The lowest BCUT2D eigenvalue weighted by atomic mass is 10.2. The maximum atomic E-state index is 12.1. The highest BCUT2D eigenvalue weighted by atomic mass is 16.5. The Kier molecular flexibility index (Phi) is 6.92. The minimum atomic E-state index is 0.0127. The van der Waals surface area contributed by atoms with Crippen molar-refractivity contribution in [1.82, 2.24) is 10.2 Å². The van der Waals surface area contributed by atoms with Gasteiger partial charge in [0.05, 0.1) is 6.61 Å². The Morgan fingerprint density at radius 3 is 2.53 bits per heavy atom. The molecule has 0 unspecified atom stereocenters. The molecule has 5 heteroatoms. The van der Waals surface area contributed by atoms with Crippen LogP contribution >= 0.6 is 0 Å². The van der Waals surface area contributed by atoms with Crippen LogP contribution in [0.3, 0.4) is 0 Å². The molecule has 1 aromatic carbocycles. The van der Waals surface area contributed by atoms with Gasteiger partial charge in [0.25, 0.3) is 5.91 Å². The number of benzene rings is 1. The van der Waals surface area contributed by atoms with Crippen molar-refractivity contribution in [3.8, 4) is 5.75 Å². The Hall–Kier alpha value is -1.59. The number of likely N-dealkylation sites (N-methyl/N-ethyl adjacent to an activating group) is 2. The summed E-state index contributed by atoms with van der Waals surface area (Å²) in [5, 5.41) is 3.02. The van der Waals surface area contributed by atoms with E-state index in [1.165, 1.54) is 0 Å². The second kappa shape index (κ2) is 8.50. The first kappa shape index (κ1) is 15.5. The Morgan fingerprint density at radius 1 is 1.26 bits per heavy atom. The lowest BCUT2D eigenvalue weighted by molar-refractivity contribution is 0.0797. The molecule has 0 aliphatic heterocycles. The second-order valence-corrected chi connectivity index (χ2v) is 4.20. The molecule has 106 valence electrons. The van der Waals surface area contributed by atoms with Gasteiger partial charge >= 0.3 is 0 Å². The lowest BCUT2D eigenvalue weighted by Gasteiger charge is -2.17. The van der Waals surface area contributed by atoms with Crippen LogP contribution in [0.25, 0.3) is 0 Å². The van der Waals surface area contributed by atoms with Gasteiger partial charge < -0.3 is 19.7 Å². The lowest BCUT2D eigenvalue weighted by Crippen LogP contribution is -2.32. The zero-order valence-electron chi connectivity index (χ0n) is 11.8. The maximum Gasteiger partial charge on any atom is 0.253 e. The van der Waals surface area contributed by atoms with Crippen LogP contribution in [-0.4, -0.2) is 58.3 Å². The Morgan fingerprint density at radius 2 is 1.95 bits per heavy atom. The predicted molar refractivity (Wildman–Crippen MR) is 74.7 cm³/mol.